The molecule has 0 bridgehead atoms. The van der Waals surface area contributed by atoms with Crippen LogP contribution in [-0.4, -0.2) is 42.9 Å². The SMILES string of the molecule is CC(C)CCOc1cncc(-c2ncc(N3CCOCC3)cc2N)c1. The molecule has 1 saturated heterocycles. The van der Waals surface area contributed by atoms with Gasteiger partial charge in [-0.3, -0.25) is 9.97 Å². The number of ether oxygens (including phenoxy) is 2. The molecule has 6 heteroatoms. The molecule has 134 valence electrons. The van der Waals surface area contributed by atoms with Gasteiger partial charge in [-0.1, -0.05) is 13.8 Å². The summed E-state index contributed by atoms with van der Waals surface area (Å²) in [5.41, 5.74) is 9.54. The molecule has 3 rings (SSSR count). The van der Waals surface area contributed by atoms with Crippen molar-refractivity contribution in [2.45, 2.75) is 20.3 Å². The lowest BCUT2D eigenvalue weighted by molar-refractivity contribution is 0.122. The molecule has 0 saturated carbocycles. The lowest BCUT2D eigenvalue weighted by atomic mass is 10.1. The van der Waals surface area contributed by atoms with E-state index in [1.807, 2.05) is 18.3 Å². The number of nitrogens with zero attached hydrogens (tertiary/aromatic N) is 3. The highest BCUT2D eigenvalue weighted by atomic mass is 16.5. The smallest absolute Gasteiger partial charge is 0.138 e. The van der Waals surface area contributed by atoms with Gasteiger partial charge in [-0.25, -0.2) is 0 Å². The van der Waals surface area contributed by atoms with E-state index in [0.717, 1.165) is 55.4 Å². The second-order valence-corrected chi connectivity index (χ2v) is 6.67. The Morgan fingerprint density at radius 1 is 1.20 bits per heavy atom. The molecule has 0 radical (unpaired) electrons. The molecule has 3 heterocycles. The number of hydrogen-bond acceptors (Lipinski definition) is 6. The number of nitrogens with two attached hydrogens (primary N) is 1. The zero-order valence-corrected chi connectivity index (χ0v) is 14.9. The lowest BCUT2D eigenvalue weighted by Crippen LogP contribution is -2.36. The minimum absolute atomic E-state index is 0.612. The fourth-order valence-electron chi connectivity index (χ4n) is 2.75. The van der Waals surface area contributed by atoms with E-state index in [9.17, 15) is 0 Å². The first kappa shape index (κ1) is 17.5. The summed E-state index contributed by atoms with van der Waals surface area (Å²) in [5, 5.41) is 0. The summed E-state index contributed by atoms with van der Waals surface area (Å²) < 4.78 is 11.2. The molecule has 1 aliphatic heterocycles. The zero-order valence-electron chi connectivity index (χ0n) is 14.9. The molecule has 0 amide bonds. The molecule has 0 spiro atoms. The van der Waals surface area contributed by atoms with Gasteiger partial charge in [0.15, 0.2) is 0 Å². The van der Waals surface area contributed by atoms with Crippen LogP contribution < -0.4 is 15.4 Å². The number of rotatable bonds is 6. The van der Waals surface area contributed by atoms with Crippen LogP contribution in [0.2, 0.25) is 0 Å². The Morgan fingerprint density at radius 2 is 2.00 bits per heavy atom. The summed E-state index contributed by atoms with van der Waals surface area (Å²) in [6, 6.07) is 3.92. The first-order valence-corrected chi connectivity index (χ1v) is 8.80. The maximum Gasteiger partial charge on any atom is 0.138 e. The Balaban J connectivity index is 1.74. The maximum atomic E-state index is 6.26. The standard InChI is InChI=1S/C19H26N4O2/c1-14(2)3-6-25-17-9-15(11-21-13-17)19-18(20)10-16(12-22-19)23-4-7-24-8-5-23/h9-14H,3-8,20H2,1-2H3. The summed E-state index contributed by atoms with van der Waals surface area (Å²) >= 11 is 0. The first-order valence-electron chi connectivity index (χ1n) is 8.80. The van der Waals surface area contributed by atoms with E-state index in [2.05, 4.69) is 28.7 Å². The van der Waals surface area contributed by atoms with Gasteiger partial charge < -0.3 is 20.1 Å². The quantitative estimate of drug-likeness (QED) is 0.870. The largest absolute Gasteiger partial charge is 0.492 e. The molecule has 0 unspecified atom stereocenters. The van der Waals surface area contributed by atoms with Crippen molar-refractivity contribution in [1.29, 1.82) is 0 Å². The molecule has 2 aromatic rings. The van der Waals surface area contributed by atoms with Gasteiger partial charge in [0.05, 0.1) is 49.3 Å². The Bertz CT molecular complexity index is 700. The monoisotopic (exact) mass is 342 g/mol. The van der Waals surface area contributed by atoms with Crippen LogP contribution in [0, 0.1) is 5.92 Å². The molecule has 0 aliphatic carbocycles. The van der Waals surface area contributed by atoms with Crippen LogP contribution in [0.1, 0.15) is 20.3 Å². The van der Waals surface area contributed by atoms with Gasteiger partial charge in [-0.05, 0) is 24.5 Å². The van der Waals surface area contributed by atoms with Crippen molar-refractivity contribution >= 4 is 11.4 Å². The van der Waals surface area contributed by atoms with Crippen molar-refractivity contribution in [3.8, 4) is 17.0 Å². The summed E-state index contributed by atoms with van der Waals surface area (Å²) in [6.45, 7) is 8.24. The summed E-state index contributed by atoms with van der Waals surface area (Å²) in [5.74, 6) is 1.36. The Kier molecular flexibility index (Phi) is 5.71. The average molecular weight is 342 g/mol. The third-order valence-electron chi connectivity index (χ3n) is 4.23. The highest BCUT2D eigenvalue weighted by Gasteiger charge is 2.14. The minimum atomic E-state index is 0.612. The molecule has 25 heavy (non-hydrogen) atoms. The normalized spacial score (nSPS) is 14.8. The van der Waals surface area contributed by atoms with Crippen LogP contribution in [0.25, 0.3) is 11.3 Å². The highest BCUT2D eigenvalue weighted by molar-refractivity contribution is 5.75. The Labute approximate surface area is 149 Å². The van der Waals surface area contributed by atoms with E-state index in [-0.39, 0.29) is 0 Å². The van der Waals surface area contributed by atoms with Crippen LogP contribution in [0.4, 0.5) is 11.4 Å². The van der Waals surface area contributed by atoms with Crippen LogP contribution in [0.5, 0.6) is 5.75 Å². The number of pyridine rings is 2. The molecule has 1 fully saturated rings. The van der Waals surface area contributed by atoms with Crippen molar-refractivity contribution in [2.75, 3.05) is 43.5 Å². The molecular formula is C19H26N4O2. The molecule has 2 aromatic heterocycles. The molecule has 2 N–H and O–H groups in total. The number of hydrogen-bond donors (Lipinski definition) is 1. The zero-order chi connectivity index (χ0) is 17.6. The van der Waals surface area contributed by atoms with Gasteiger partial charge in [0.25, 0.3) is 0 Å². The third-order valence-corrected chi connectivity index (χ3v) is 4.23. The van der Waals surface area contributed by atoms with E-state index < -0.39 is 0 Å². The van der Waals surface area contributed by atoms with E-state index >= 15 is 0 Å². The molecule has 1 aliphatic rings. The van der Waals surface area contributed by atoms with Gasteiger partial charge in [0.1, 0.15) is 5.75 Å². The predicted octanol–water partition coefficient (Wildman–Crippen LogP) is 2.99. The number of nitrogen functional groups attached to an aromatic ring is 1. The molecular weight excluding hydrogens is 316 g/mol. The van der Waals surface area contributed by atoms with Crippen LogP contribution in [0.3, 0.4) is 0 Å². The van der Waals surface area contributed by atoms with Gasteiger partial charge in [-0.15, -0.1) is 0 Å². The van der Waals surface area contributed by atoms with Crippen molar-refractivity contribution in [3.05, 3.63) is 30.7 Å². The topological polar surface area (TPSA) is 73.5 Å². The Morgan fingerprint density at radius 3 is 2.72 bits per heavy atom. The number of morpholine rings is 1. The van der Waals surface area contributed by atoms with E-state index in [4.69, 9.17) is 15.2 Å². The minimum Gasteiger partial charge on any atom is -0.492 e. The van der Waals surface area contributed by atoms with Crippen molar-refractivity contribution < 1.29 is 9.47 Å². The number of aromatic nitrogens is 2. The summed E-state index contributed by atoms with van der Waals surface area (Å²) in [7, 11) is 0. The van der Waals surface area contributed by atoms with Crippen LogP contribution >= 0.6 is 0 Å². The van der Waals surface area contributed by atoms with E-state index in [1.165, 1.54) is 0 Å². The summed E-state index contributed by atoms with van der Waals surface area (Å²) in [6.07, 6.45) is 6.37. The van der Waals surface area contributed by atoms with E-state index in [1.54, 1.807) is 12.4 Å². The second kappa shape index (κ2) is 8.16. The van der Waals surface area contributed by atoms with Crippen molar-refractivity contribution in [1.82, 2.24) is 9.97 Å². The van der Waals surface area contributed by atoms with Crippen LogP contribution in [-0.2, 0) is 4.74 Å². The van der Waals surface area contributed by atoms with E-state index in [0.29, 0.717) is 18.2 Å². The lowest BCUT2D eigenvalue weighted by Gasteiger charge is -2.28. The fraction of sp³-hybridized carbons (Fsp3) is 0.474. The average Bonchev–Trinajstić information content (AvgIpc) is 2.62. The first-order chi connectivity index (χ1) is 12.1. The van der Waals surface area contributed by atoms with Gasteiger partial charge in [0.2, 0.25) is 0 Å². The van der Waals surface area contributed by atoms with Gasteiger partial charge in [0, 0.05) is 24.8 Å². The molecule has 0 atom stereocenters. The number of anilines is 2. The molecule has 6 nitrogen and oxygen atoms in total. The van der Waals surface area contributed by atoms with Crippen molar-refractivity contribution in [3.63, 3.8) is 0 Å². The fourth-order valence-corrected chi connectivity index (χ4v) is 2.75. The maximum absolute atomic E-state index is 6.26. The van der Waals surface area contributed by atoms with Gasteiger partial charge >= 0.3 is 0 Å². The van der Waals surface area contributed by atoms with Crippen molar-refractivity contribution in [2.24, 2.45) is 5.92 Å². The van der Waals surface area contributed by atoms with Gasteiger partial charge in [-0.2, -0.15) is 0 Å². The third kappa shape index (κ3) is 4.60. The van der Waals surface area contributed by atoms with Crippen LogP contribution in [0.15, 0.2) is 30.7 Å². The highest BCUT2D eigenvalue weighted by Crippen LogP contribution is 2.29. The Hall–Kier alpha value is -2.34. The second-order valence-electron chi connectivity index (χ2n) is 6.67. The molecule has 0 aromatic carbocycles. The predicted molar refractivity (Wildman–Crippen MR) is 99.9 cm³/mol. The summed E-state index contributed by atoms with van der Waals surface area (Å²) in [4.78, 5) is 11.1.